The Morgan fingerprint density at radius 1 is 1.50 bits per heavy atom. The van der Waals surface area contributed by atoms with Crippen LogP contribution in [0.4, 0.5) is 0 Å². The lowest BCUT2D eigenvalue weighted by molar-refractivity contribution is -0.130. The maximum absolute atomic E-state index is 12.3. The zero-order chi connectivity index (χ0) is 17.1. The van der Waals surface area contributed by atoms with Gasteiger partial charge in [-0.15, -0.1) is 0 Å². The Hall–Kier alpha value is -1.84. The Bertz CT molecular complexity index is 779. The van der Waals surface area contributed by atoms with Crippen LogP contribution in [-0.4, -0.2) is 40.5 Å². The molecule has 0 unspecified atom stereocenters. The molecular formula is C18H21BrN4O. The fraction of sp³-hybridized carbons (Fsp3) is 0.444. The lowest BCUT2D eigenvalue weighted by atomic mass is 10.2. The summed E-state index contributed by atoms with van der Waals surface area (Å²) in [6.45, 7) is 3.82. The van der Waals surface area contributed by atoms with Gasteiger partial charge < -0.3 is 14.8 Å². The zero-order valence-electron chi connectivity index (χ0n) is 13.7. The third kappa shape index (κ3) is 3.47. The first-order valence-electron chi connectivity index (χ1n) is 8.26. The number of nitrogens with zero attached hydrogens (tertiary/aromatic N) is 3. The van der Waals surface area contributed by atoms with Crippen LogP contribution in [-0.2, 0) is 11.3 Å². The van der Waals surface area contributed by atoms with Gasteiger partial charge in [0.1, 0.15) is 6.04 Å². The number of likely N-dealkylation sites (tertiary alicyclic amines) is 1. The highest BCUT2D eigenvalue weighted by Gasteiger charge is 2.28. The van der Waals surface area contributed by atoms with E-state index < -0.39 is 0 Å². The normalized spacial score (nSPS) is 18.7. The average molecular weight is 389 g/mol. The first-order chi connectivity index (χ1) is 11.6. The van der Waals surface area contributed by atoms with Crippen LogP contribution in [0.2, 0.25) is 0 Å². The van der Waals surface area contributed by atoms with Crippen molar-refractivity contribution < 1.29 is 4.79 Å². The molecule has 0 spiro atoms. The number of hydrogen-bond acceptors (Lipinski definition) is 3. The second kappa shape index (κ2) is 7.37. The zero-order valence-corrected chi connectivity index (χ0v) is 15.3. The summed E-state index contributed by atoms with van der Waals surface area (Å²) in [5.41, 5.74) is 1.17. The molecule has 1 N–H and O–H groups in total. The minimum atomic E-state index is -0.251. The van der Waals surface area contributed by atoms with Crippen LogP contribution in [0.1, 0.15) is 19.8 Å². The van der Waals surface area contributed by atoms with Crippen LogP contribution in [0.5, 0.6) is 0 Å². The van der Waals surface area contributed by atoms with Crippen molar-refractivity contribution in [3.8, 4) is 6.07 Å². The van der Waals surface area contributed by atoms with Gasteiger partial charge in [0.2, 0.25) is 5.91 Å². The highest BCUT2D eigenvalue weighted by Crippen LogP contribution is 2.25. The molecule has 1 aliphatic heterocycles. The number of carbonyl (C=O) groups is 1. The molecule has 2 aromatic rings. The highest BCUT2D eigenvalue weighted by molar-refractivity contribution is 9.10. The molecule has 1 fully saturated rings. The van der Waals surface area contributed by atoms with E-state index in [0.29, 0.717) is 6.54 Å². The molecule has 1 aliphatic rings. The number of nitriles is 1. The molecule has 1 aromatic heterocycles. The van der Waals surface area contributed by atoms with Crippen molar-refractivity contribution >= 4 is 32.7 Å². The van der Waals surface area contributed by atoms with Crippen molar-refractivity contribution in [3.05, 3.63) is 34.9 Å². The van der Waals surface area contributed by atoms with Crippen molar-refractivity contribution in [3.63, 3.8) is 0 Å². The summed E-state index contributed by atoms with van der Waals surface area (Å²) in [5, 5.41) is 13.6. The number of carbonyl (C=O) groups excluding carboxylic acids is 1. The number of rotatable bonds is 5. The van der Waals surface area contributed by atoms with Gasteiger partial charge in [0.25, 0.3) is 0 Å². The van der Waals surface area contributed by atoms with Gasteiger partial charge in [-0.05, 0) is 47.8 Å². The minimum absolute atomic E-state index is 0.0180. The van der Waals surface area contributed by atoms with Gasteiger partial charge in [0.05, 0.1) is 18.1 Å². The summed E-state index contributed by atoms with van der Waals surface area (Å²) >= 11 is 3.61. The molecule has 0 saturated carbocycles. The van der Waals surface area contributed by atoms with E-state index in [-0.39, 0.29) is 24.5 Å². The molecule has 5 nitrogen and oxygen atoms in total. The Labute approximate surface area is 150 Å². The van der Waals surface area contributed by atoms with E-state index in [1.807, 2.05) is 12.1 Å². The number of nitrogens with one attached hydrogen (secondary N) is 1. The summed E-state index contributed by atoms with van der Waals surface area (Å²) in [4.78, 5) is 14.0. The van der Waals surface area contributed by atoms with Gasteiger partial charge in [-0.2, -0.15) is 5.26 Å². The monoisotopic (exact) mass is 388 g/mol. The minimum Gasteiger partial charge on any atom is -0.345 e. The lowest BCUT2D eigenvalue weighted by Gasteiger charge is -2.22. The lowest BCUT2D eigenvalue weighted by Crippen LogP contribution is -2.43. The van der Waals surface area contributed by atoms with Gasteiger partial charge in [-0.3, -0.25) is 4.79 Å². The van der Waals surface area contributed by atoms with E-state index >= 15 is 0 Å². The number of fused-ring (bicyclic) bond motifs is 1. The van der Waals surface area contributed by atoms with Crippen molar-refractivity contribution in [1.29, 1.82) is 5.26 Å². The molecule has 0 radical (unpaired) electrons. The number of para-hydroxylation sites is 1. The standard InChI is InChI=1S/C18H21BrN4O/c1-13(21-11-17(24)23-8-3-5-15(23)10-20)12-22-9-7-14-4-2-6-16(19)18(14)22/h2,4,6-7,9,13,15,21H,3,5,8,11-12H2,1H3/t13-,15-/m0/s1. The molecule has 2 atom stereocenters. The van der Waals surface area contributed by atoms with Crippen LogP contribution in [0.15, 0.2) is 34.9 Å². The predicted molar refractivity (Wildman–Crippen MR) is 97.5 cm³/mol. The van der Waals surface area contributed by atoms with Gasteiger partial charge in [-0.1, -0.05) is 12.1 Å². The number of aromatic nitrogens is 1. The van der Waals surface area contributed by atoms with Crippen LogP contribution >= 0.6 is 15.9 Å². The van der Waals surface area contributed by atoms with Gasteiger partial charge >= 0.3 is 0 Å². The predicted octanol–water partition coefficient (Wildman–Crippen LogP) is 2.90. The fourth-order valence-corrected chi connectivity index (χ4v) is 3.90. The largest absolute Gasteiger partial charge is 0.345 e. The summed E-state index contributed by atoms with van der Waals surface area (Å²) < 4.78 is 3.26. The van der Waals surface area contributed by atoms with Crippen LogP contribution < -0.4 is 5.32 Å². The van der Waals surface area contributed by atoms with E-state index in [1.165, 1.54) is 10.9 Å². The van der Waals surface area contributed by atoms with E-state index in [9.17, 15) is 4.79 Å². The Morgan fingerprint density at radius 2 is 2.33 bits per heavy atom. The average Bonchev–Trinajstić information content (AvgIpc) is 3.20. The first kappa shape index (κ1) is 17.0. The summed E-state index contributed by atoms with van der Waals surface area (Å²) in [6.07, 6.45) is 3.78. The van der Waals surface area contributed by atoms with E-state index in [4.69, 9.17) is 5.26 Å². The van der Waals surface area contributed by atoms with Gasteiger partial charge in [-0.25, -0.2) is 0 Å². The second-order valence-electron chi connectivity index (χ2n) is 6.30. The van der Waals surface area contributed by atoms with Crippen LogP contribution in [0.3, 0.4) is 0 Å². The molecular weight excluding hydrogens is 368 g/mol. The van der Waals surface area contributed by atoms with Crippen LogP contribution in [0.25, 0.3) is 10.9 Å². The van der Waals surface area contributed by atoms with Crippen molar-refractivity contribution in [2.24, 2.45) is 0 Å². The molecule has 6 heteroatoms. The molecule has 1 aromatic carbocycles. The quantitative estimate of drug-likeness (QED) is 0.856. The summed E-state index contributed by atoms with van der Waals surface area (Å²) in [6, 6.07) is 10.4. The third-order valence-electron chi connectivity index (χ3n) is 4.53. The van der Waals surface area contributed by atoms with E-state index in [0.717, 1.165) is 23.9 Å². The maximum atomic E-state index is 12.3. The fourth-order valence-electron chi connectivity index (χ4n) is 3.29. The Kier molecular flexibility index (Phi) is 5.22. The number of amides is 1. The van der Waals surface area contributed by atoms with Gasteiger partial charge in [0, 0.05) is 35.2 Å². The molecule has 0 aliphatic carbocycles. The van der Waals surface area contributed by atoms with Crippen molar-refractivity contribution in [2.75, 3.05) is 13.1 Å². The number of benzene rings is 1. The molecule has 1 saturated heterocycles. The number of halogens is 1. The van der Waals surface area contributed by atoms with Gasteiger partial charge in [0.15, 0.2) is 0 Å². The molecule has 2 heterocycles. The molecule has 3 rings (SSSR count). The second-order valence-corrected chi connectivity index (χ2v) is 7.16. The summed E-state index contributed by atoms with van der Waals surface area (Å²) in [5.74, 6) is 0.0180. The summed E-state index contributed by atoms with van der Waals surface area (Å²) in [7, 11) is 0. The third-order valence-corrected chi connectivity index (χ3v) is 5.17. The van der Waals surface area contributed by atoms with E-state index in [1.54, 1.807) is 4.90 Å². The molecule has 24 heavy (non-hydrogen) atoms. The van der Waals surface area contributed by atoms with Crippen molar-refractivity contribution in [2.45, 2.75) is 38.4 Å². The molecule has 1 amide bonds. The molecule has 126 valence electrons. The maximum Gasteiger partial charge on any atom is 0.237 e. The Balaban J connectivity index is 1.58. The molecule has 0 bridgehead atoms. The number of hydrogen-bond donors (Lipinski definition) is 1. The van der Waals surface area contributed by atoms with E-state index in [2.05, 4.69) is 57.1 Å². The topological polar surface area (TPSA) is 61.1 Å². The highest BCUT2D eigenvalue weighted by atomic mass is 79.9. The Morgan fingerprint density at radius 3 is 3.12 bits per heavy atom. The smallest absolute Gasteiger partial charge is 0.237 e. The first-order valence-corrected chi connectivity index (χ1v) is 9.05. The van der Waals surface area contributed by atoms with Crippen molar-refractivity contribution in [1.82, 2.24) is 14.8 Å². The SMILES string of the molecule is C[C@@H](Cn1ccc2cccc(Br)c21)NCC(=O)N1CCC[C@H]1C#N. The van der Waals surface area contributed by atoms with Crippen LogP contribution in [0, 0.1) is 11.3 Å².